The summed E-state index contributed by atoms with van der Waals surface area (Å²) in [6.07, 6.45) is 2.92. The second kappa shape index (κ2) is 8.64. The molecule has 2 aromatic heterocycles. The van der Waals surface area contributed by atoms with E-state index in [0.717, 1.165) is 0 Å². The molecule has 182 valence electrons. The quantitative estimate of drug-likeness (QED) is 0.470. The minimum absolute atomic E-state index is 0.0619. The van der Waals surface area contributed by atoms with E-state index >= 15 is 0 Å². The molecule has 0 fully saturated rings. The summed E-state index contributed by atoms with van der Waals surface area (Å²) in [5.41, 5.74) is -0.203. The number of carbonyl (C=O) groups is 1. The van der Waals surface area contributed by atoms with E-state index in [1.165, 1.54) is 30.5 Å². The molecular weight excluding hydrogens is 471 g/mol. The van der Waals surface area contributed by atoms with Gasteiger partial charge >= 0.3 is 17.9 Å². The van der Waals surface area contributed by atoms with Crippen LogP contribution in [0.15, 0.2) is 65.0 Å². The normalized spacial score (nSPS) is 17.9. The van der Waals surface area contributed by atoms with Crippen molar-refractivity contribution in [2.45, 2.75) is 31.2 Å². The van der Waals surface area contributed by atoms with Crippen LogP contribution >= 0.6 is 0 Å². The number of hydrogen-bond donors (Lipinski definition) is 2. The van der Waals surface area contributed by atoms with Crippen LogP contribution < -0.4 is 15.5 Å². The number of nitrogens with one attached hydrogen (secondary N) is 2. The molecule has 2 aliphatic heterocycles. The number of alkyl halides is 3. The van der Waals surface area contributed by atoms with Crippen molar-refractivity contribution in [2.24, 2.45) is 10.2 Å². The molecule has 4 heterocycles. The summed E-state index contributed by atoms with van der Waals surface area (Å²) >= 11 is 0. The van der Waals surface area contributed by atoms with Gasteiger partial charge in [-0.05, 0) is 37.6 Å². The average Bonchev–Trinajstić information content (AvgIpc) is 3.69. The van der Waals surface area contributed by atoms with Crippen molar-refractivity contribution < 1.29 is 18.0 Å². The Balaban J connectivity index is 1.45. The zero-order valence-electron chi connectivity index (χ0n) is 19.0. The van der Waals surface area contributed by atoms with Crippen LogP contribution in [0, 0.1) is 12.3 Å². The van der Waals surface area contributed by atoms with Crippen molar-refractivity contribution in [3.05, 3.63) is 65.9 Å². The third-order valence-corrected chi connectivity index (χ3v) is 6.08. The van der Waals surface area contributed by atoms with Gasteiger partial charge in [0, 0.05) is 35.5 Å². The molecule has 11 heteroatoms. The molecule has 0 unspecified atom stereocenters. The lowest BCUT2D eigenvalue weighted by Crippen LogP contribution is -2.42. The van der Waals surface area contributed by atoms with Gasteiger partial charge in [-0.1, -0.05) is 30.2 Å². The summed E-state index contributed by atoms with van der Waals surface area (Å²) in [6, 6.07) is 12.0. The average molecular weight is 491 g/mol. The SMILES string of the molecule is C#Cc1ccc(NC(=O)N2c3nc(-c4ccc(C5(C(F)(F)F)N=N5)cc4)ccc3NCC[C@H]2C)nc1. The summed E-state index contributed by atoms with van der Waals surface area (Å²) in [5.74, 6) is 3.21. The Morgan fingerprint density at radius 2 is 1.92 bits per heavy atom. The summed E-state index contributed by atoms with van der Waals surface area (Å²) in [4.78, 5) is 23.7. The van der Waals surface area contributed by atoms with E-state index in [2.05, 4.69) is 31.8 Å². The van der Waals surface area contributed by atoms with Gasteiger partial charge in [0.1, 0.15) is 5.82 Å². The molecule has 36 heavy (non-hydrogen) atoms. The molecule has 3 aromatic rings. The fourth-order valence-electron chi connectivity index (χ4n) is 4.02. The van der Waals surface area contributed by atoms with Gasteiger partial charge in [-0.25, -0.2) is 14.8 Å². The predicted molar refractivity (Wildman–Crippen MR) is 129 cm³/mol. The Bertz CT molecular complexity index is 1370. The number of halogens is 3. The third-order valence-electron chi connectivity index (χ3n) is 6.08. The minimum Gasteiger partial charge on any atom is -0.382 e. The van der Waals surface area contributed by atoms with Gasteiger partial charge in [0.15, 0.2) is 5.82 Å². The van der Waals surface area contributed by atoms with Crippen LogP contribution in [-0.2, 0) is 5.66 Å². The molecule has 2 amide bonds. The Labute approximate surface area is 204 Å². The molecule has 0 bridgehead atoms. The summed E-state index contributed by atoms with van der Waals surface area (Å²) < 4.78 is 40.0. The lowest BCUT2D eigenvalue weighted by Gasteiger charge is -2.27. The van der Waals surface area contributed by atoms with Crippen LogP contribution in [0.5, 0.6) is 0 Å². The Hall–Kier alpha value is -4.46. The molecule has 0 saturated heterocycles. The summed E-state index contributed by atoms with van der Waals surface area (Å²) in [6.45, 7) is 2.54. The van der Waals surface area contributed by atoms with E-state index in [-0.39, 0.29) is 11.6 Å². The topological polar surface area (TPSA) is 94.9 Å². The third kappa shape index (κ3) is 4.11. The van der Waals surface area contributed by atoms with Gasteiger partial charge in [-0.2, -0.15) is 13.2 Å². The molecular formula is C25H20F3N7O. The number of benzene rings is 1. The highest BCUT2D eigenvalue weighted by Crippen LogP contribution is 2.52. The highest BCUT2D eigenvalue weighted by atomic mass is 19.4. The maximum atomic E-state index is 13.3. The van der Waals surface area contributed by atoms with Crippen LogP contribution in [0.2, 0.25) is 0 Å². The highest BCUT2D eigenvalue weighted by Gasteiger charge is 2.65. The maximum Gasteiger partial charge on any atom is 0.442 e. The molecule has 0 aliphatic carbocycles. The number of amides is 2. The number of anilines is 3. The largest absolute Gasteiger partial charge is 0.442 e. The second-order valence-electron chi connectivity index (χ2n) is 8.46. The van der Waals surface area contributed by atoms with Crippen molar-refractivity contribution >= 4 is 23.4 Å². The molecule has 2 N–H and O–H groups in total. The smallest absolute Gasteiger partial charge is 0.382 e. The molecule has 5 rings (SSSR count). The van der Waals surface area contributed by atoms with Crippen LogP contribution in [0.3, 0.4) is 0 Å². The zero-order valence-corrected chi connectivity index (χ0v) is 19.0. The number of urea groups is 1. The summed E-state index contributed by atoms with van der Waals surface area (Å²) in [7, 11) is 0. The first-order valence-electron chi connectivity index (χ1n) is 11.1. The predicted octanol–water partition coefficient (Wildman–Crippen LogP) is 5.55. The lowest BCUT2D eigenvalue weighted by molar-refractivity contribution is -0.166. The number of hydrogen-bond acceptors (Lipinski definition) is 6. The number of aromatic nitrogens is 2. The fourth-order valence-corrected chi connectivity index (χ4v) is 4.02. The number of fused-ring (bicyclic) bond motifs is 1. The molecule has 2 aliphatic rings. The first-order chi connectivity index (χ1) is 17.2. The van der Waals surface area contributed by atoms with Gasteiger partial charge in [0.25, 0.3) is 0 Å². The molecule has 1 aromatic carbocycles. The van der Waals surface area contributed by atoms with Crippen molar-refractivity contribution in [3.8, 4) is 23.6 Å². The standard InChI is InChI=1S/C25H20F3N7O/c1-3-16-4-11-21(30-14-16)32-23(36)35-15(2)12-13-29-20-10-9-19(31-22(20)35)17-5-7-18(8-6-17)24(33-34-24)25(26,27)28/h1,4-11,14-15,29H,12-13H2,2H3,(H,30,32,36)/t15-/m1/s1. The number of nitrogens with zero attached hydrogens (tertiary/aromatic N) is 5. The Morgan fingerprint density at radius 1 is 1.17 bits per heavy atom. The van der Waals surface area contributed by atoms with Gasteiger partial charge < -0.3 is 5.32 Å². The Kier molecular flexibility index (Phi) is 5.59. The first-order valence-corrected chi connectivity index (χ1v) is 11.1. The molecule has 8 nitrogen and oxygen atoms in total. The van der Waals surface area contributed by atoms with Crippen LogP contribution in [0.4, 0.5) is 35.3 Å². The van der Waals surface area contributed by atoms with Gasteiger partial charge in [-0.3, -0.25) is 10.2 Å². The molecule has 0 radical (unpaired) electrons. The van der Waals surface area contributed by atoms with E-state index in [9.17, 15) is 18.0 Å². The van der Waals surface area contributed by atoms with Crippen molar-refractivity contribution in [3.63, 3.8) is 0 Å². The lowest BCUT2D eigenvalue weighted by atomic mass is 10.00. The first kappa shape index (κ1) is 23.3. The zero-order chi connectivity index (χ0) is 25.5. The van der Waals surface area contributed by atoms with E-state index in [0.29, 0.717) is 47.1 Å². The number of rotatable bonds is 3. The summed E-state index contributed by atoms with van der Waals surface area (Å²) in [5, 5.41) is 12.5. The maximum absolute atomic E-state index is 13.3. The van der Waals surface area contributed by atoms with E-state index < -0.39 is 17.9 Å². The van der Waals surface area contributed by atoms with Crippen molar-refractivity contribution in [2.75, 3.05) is 22.1 Å². The number of terminal acetylenes is 1. The Morgan fingerprint density at radius 3 is 2.53 bits per heavy atom. The van der Waals surface area contributed by atoms with Gasteiger partial charge in [0.05, 0.1) is 11.4 Å². The monoisotopic (exact) mass is 491 g/mol. The van der Waals surface area contributed by atoms with Crippen LogP contribution in [0.1, 0.15) is 24.5 Å². The van der Waals surface area contributed by atoms with Crippen molar-refractivity contribution in [1.82, 2.24) is 9.97 Å². The molecule has 1 atom stereocenters. The van der Waals surface area contributed by atoms with E-state index in [1.807, 2.05) is 6.92 Å². The molecule has 0 spiro atoms. The van der Waals surface area contributed by atoms with E-state index in [4.69, 9.17) is 11.4 Å². The van der Waals surface area contributed by atoms with Crippen LogP contribution in [0.25, 0.3) is 11.3 Å². The van der Waals surface area contributed by atoms with Crippen molar-refractivity contribution in [1.29, 1.82) is 0 Å². The number of carbonyl (C=O) groups excluding carboxylic acids is 1. The van der Waals surface area contributed by atoms with Gasteiger partial charge in [-0.15, -0.1) is 16.7 Å². The molecule has 0 saturated carbocycles. The van der Waals surface area contributed by atoms with E-state index in [1.54, 1.807) is 29.2 Å². The highest BCUT2D eigenvalue weighted by molar-refractivity contribution is 6.03. The minimum atomic E-state index is -4.59. The second-order valence-corrected chi connectivity index (χ2v) is 8.46. The number of pyridine rings is 2. The van der Waals surface area contributed by atoms with Gasteiger partial charge in [0.2, 0.25) is 0 Å². The fraction of sp³-hybridized carbons (Fsp3) is 0.240. The van der Waals surface area contributed by atoms with Crippen LogP contribution in [-0.4, -0.2) is 34.8 Å².